The van der Waals surface area contributed by atoms with Crippen LogP contribution in [0.5, 0.6) is 0 Å². The smallest absolute Gasteiger partial charge is 0.135 e. The summed E-state index contributed by atoms with van der Waals surface area (Å²) >= 11 is 0. The highest BCUT2D eigenvalue weighted by atomic mass is 16.3. The molecule has 0 spiro atoms. The van der Waals surface area contributed by atoms with Crippen molar-refractivity contribution in [3.63, 3.8) is 0 Å². The fourth-order valence-corrected chi connectivity index (χ4v) is 8.54. The van der Waals surface area contributed by atoms with Crippen molar-refractivity contribution >= 4 is 39.0 Å². The molecule has 0 saturated heterocycles. The molecular formula is C48H37NO. The Morgan fingerprint density at radius 3 is 1.70 bits per heavy atom. The average Bonchev–Trinajstić information content (AvgIpc) is 3.75. The Morgan fingerprint density at radius 2 is 1.04 bits per heavy atom. The van der Waals surface area contributed by atoms with Crippen LogP contribution in [0.4, 0.5) is 17.1 Å². The van der Waals surface area contributed by atoms with E-state index in [2.05, 4.69) is 113 Å². The van der Waals surface area contributed by atoms with Gasteiger partial charge in [0, 0.05) is 38.7 Å². The molecule has 7 aromatic carbocycles. The highest BCUT2D eigenvalue weighted by molar-refractivity contribution is 6.06. The van der Waals surface area contributed by atoms with Crippen LogP contribution in [0.25, 0.3) is 55.3 Å². The van der Waals surface area contributed by atoms with Gasteiger partial charge in [0.15, 0.2) is 0 Å². The number of para-hydroxylation sites is 1. The van der Waals surface area contributed by atoms with Crippen molar-refractivity contribution in [3.05, 3.63) is 174 Å². The molecule has 240 valence electrons. The van der Waals surface area contributed by atoms with E-state index in [0.717, 1.165) is 27.7 Å². The maximum absolute atomic E-state index is 9.91. The summed E-state index contributed by atoms with van der Waals surface area (Å²) in [6.45, 7) is 8.99. The van der Waals surface area contributed by atoms with Crippen LogP contribution in [0, 0.1) is 0 Å². The molecule has 1 aromatic heterocycles. The summed E-state index contributed by atoms with van der Waals surface area (Å²) in [4.78, 5) is 1.98. The Kier molecular flexibility index (Phi) is 5.20. The second-order valence-corrected chi connectivity index (χ2v) is 14.7. The number of benzene rings is 7. The minimum Gasteiger partial charge on any atom is -0.456 e. The fourth-order valence-electron chi connectivity index (χ4n) is 8.54. The van der Waals surface area contributed by atoms with Crippen molar-refractivity contribution in [3.8, 4) is 33.4 Å². The van der Waals surface area contributed by atoms with E-state index in [1.807, 2.05) is 47.4 Å². The summed E-state index contributed by atoms with van der Waals surface area (Å²) in [6, 6.07) is 43.0. The molecular weight excluding hydrogens is 607 g/mol. The van der Waals surface area contributed by atoms with Gasteiger partial charge in [-0.05, 0) is 110 Å². The minimum absolute atomic E-state index is 0.0271. The van der Waals surface area contributed by atoms with E-state index in [0.29, 0.717) is 16.7 Å². The molecule has 0 atom stereocenters. The van der Waals surface area contributed by atoms with Crippen molar-refractivity contribution < 1.29 is 9.90 Å². The molecule has 2 nitrogen and oxygen atoms in total. The molecule has 0 unspecified atom stereocenters. The van der Waals surface area contributed by atoms with Gasteiger partial charge in [0.1, 0.15) is 11.2 Å². The van der Waals surface area contributed by atoms with Crippen LogP contribution in [-0.2, 0) is 10.8 Å². The summed E-state index contributed by atoms with van der Waals surface area (Å²) in [5.74, 6) is 0. The normalized spacial score (nSPS) is 15.8. The lowest BCUT2D eigenvalue weighted by Crippen LogP contribution is -2.18. The van der Waals surface area contributed by atoms with E-state index < -0.39 is 0 Å². The largest absolute Gasteiger partial charge is 0.456 e. The van der Waals surface area contributed by atoms with Crippen LogP contribution in [-0.4, -0.2) is 0 Å². The van der Waals surface area contributed by atoms with E-state index in [1.54, 1.807) is 0 Å². The zero-order chi connectivity index (χ0) is 37.3. The summed E-state index contributed by atoms with van der Waals surface area (Å²) < 4.78 is 43.9. The highest BCUT2D eigenvalue weighted by Crippen LogP contribution is 2.53. The maximum Gasteiger partial charge on any atom is 0.135 e. The van der Waals surface area contributed by atoms with Gasteiger partial charge in [-0.1, -0.05) is 125 Å². The standard InChI is InChI=1S/C48H37NO/c1-47(2)41-17-8-5-14-35(41)37-23-21-33(28-43(37)47)49(34-22-24-38-36-15-6-9-18-42(36)48(3,4)44(38)29-34)32-13-11-12-30(26-32)31-20-25-46-40(27-31)39-16-7-10-19-45(39)50-46/h5-29H,1-4H3/i11D,12D,13D,26D. The Labute approximate surface area is 298 Å². The molecule has 2 aliphatic carbocycles. The Morgan fingerprint density at radius 1 is 0.480 bits per heavy atom. The second-order valence-electron chi connectivity index (χ2n) is 14.7. The zero-order valence-electron chi connectivity index (χ0n) is 32.5. The van der Waals surface area contributed by atoms with Gasteiger partial charge in [-0.2, -0.15) is 0 Å². The first kappa shape index (κ1) is 25.2. The molecule has 0 fully saturated rings. The lowest BCUT2D eigenvalue weighted by Gasteiger charge is -2.30. The maximum atomic E-state index is 9.91. The first-order valence-electron chi connectivity index (χ1n) is 19.3. The van der Waals surface area contributed by atoms with Crippen molar-refractivity contribution in [2.45, 2.75) is 38.5 Å². The quantitative estimate of drug-likeness (QED) is 0.189. The summed E-state index contributed by atoms with van der Waals surface area (Å²) in [5, 5.41) is 1.82. The first-order valence-corrected chi connectivity index (χ1v) is 17.3. The van der Waals surface area contributed by atoms with Crippen LogP contribution in [0.2, 0.25) is 0 Å². The van der Waals surface area contributed by atoms with E-state index in [9.17, 15) is 5.48 Å². The molecule has 2 heteroatoms. The Hall–Kier alpha value is -5.86. The lowest BCUT2D eigenvalue weighted by atomic mass is 9.82. The monoisotopic (exact) mass is 647 g/mol. The second kappa shape index (κ2) is 10.3. The Balaban J connectivity index is 1.24. The van der Waals surface area contributed by atoms with Gasteiger partial charge in [0.25, 0.3) is 0 Å². The molecule has 8 aromatic rings. The third-order valence-electron chi connectivity index (χ3n) is 11.2. The van der Waals surface area contributed by atoms with Gasteiger partial charge < -0.3 is 9.32 Å². The fraction of sp³-hybridized carbons (Fsp3) is 0.125. The van der Waals surface area contributed by atoms with Gasteiger partial charge in [-0.15, -0.1) is 0 Å². The number of hydrogen-bond donors (Lipinski definition) is 0. The average molecular weight is 648 g/mol. The van der Waals surface area contributed by atoms with Crippen molar-refractivity contribution in [2.24, 2.45) is 0 Å². The number of furan rings is 1. The van der Waals surface area contributed by atoms with Gasteiger partial charge in [0.05, 0.1) is 5.48 Å². The van der Waals surface area contributed by atoms with Gasteiger partial charge in [-0.25, -0.2) is 0 Å². The zero-order valence-corrected chi connectivity index (χ0v) is 28.5. The highest BCUT2D eigenvalue weighted by Gasteiger charge is 2.37. The number of fused-ring (bicyclic) bond motifs is 9. The van der Waals surface area contributed by atoms with E-state index in [1.165, 1.54) is 44.5 Å². The van der Waals surface area contributed by atoms with Crippen molar-refractivity contribution in [2.75, 3.05) is 4.90 Å². The predicted octanol–water partition coefficient (Wildman–Crippen LogP) is 13.3. The van der Waals surface area contributed by atoms with Gasteiger partial charge >= 0.3 is 0 Å². The predicted molar refractivity (Wildman–Crippen MR) is 209 cm³/mol. The SMILES string of the molecule is [2H]c1c([2H])c(-c2ccc3oc4ccccc4c3c2)c([2H])c(N(c2ccc3c(c2)C(C)(C)c2ccccc2-3)c2ccc3c(c2)C(C)(C)c2ccccc2-3)c1[2H]. The molecule has 10 rings (SSSR count). The van der Waals surface area contributed by atoms with Crippen molar-refractivity contribution in [1.82, 2.24) is 0 Å². The molecule has 1 heterocycles. The van der Waals surface area contributed by atoms with E-state index in [-0.39, 0.29) is 40.7 Å². The number of anilines is 3. The van der Waals surface area contributed by atoms with Crippen LogP contribution in [0.3, 0.4) is 0 Å². The molecule has 0 saturated carbocycles. The molecule has 0 amide bonds. The third kappa shape index (κ3) is 4.08. The van der Waals surface area contributed by atoms with E-state index >= 15 is 0 Å². The molecule has 2 aliphatic rings. The summed E-state index contributed by atoms with van der Waals surface area (Å²) in [7, 11) is 0. The van der Waals surface area contributed by atoms with Gasteiger partial charge in [-0.3, -0.25) is 0 Å². The van der Waals surface area contributed by atoms with E-state index in [4.69, 9.17) is 4.42 Å². The number of hydrogen-bond acceptors (Lipinski definition) is 2. The van der Waals surface area contributed by atoms with Crippen LogP contribution < -0.4 is 4.90 Å². The third-order valence-corrected chi connectivity index (χ3v) is 11.2. The molecule has 0 radical (unpaired) electrons. The number of nitrogens with zero attached hydrogens (tertiary/aromatic N) is 1. The molecule has 0 aliphatic heterocycles. The lowest BCUT2D eigenvalue weighted by molar-refractivity contribution is 0.660. The Bertz CT molecular complexity index is 2790. The minimum atomic E-state index is -0.275. The molecule has 0 N–H and O–H groups in total. The van der Waals surface area contributed by atoms with Crippen LogP contribution in [0.1, 0.15) is 55.4 Å². The first-order chi connectivity index (χ1) is 26.0. The van der Waals surface area contributed by atoms with Crippen LogP contribution >= 0.6 is 0 Å². The van der Waals surface area contributed by atoms with Crippen molar-refractivity contribution in [1.29, 1.82) is 0 Å². The van der Waals surface area contributed by atoms with Crippen LogP contribution in [0.15, 0.2) is 156 Å². The summed E-state index contributed by atoms with van der Waals surface area (Å²) in [6.07, 6.45) is 0. The number of rotatable bonds is 4. The van der Waals surface area contributed by atoms with Gasteiger partial charge in [0.2, 0.25) is 0 Å². The summed E-state index contributed by atoms with van der Waals surface area (Å²) in [5.41, 5.74) is 13.4. The molecule has 50 heavy (non-hydrogen) atoms. The molecule has 0 bridgehead atoms. The topological polar surface area (TPSA) is 16.4 Å².